The van der Waals surface area contributed by atoms with E-state index in [0.717, 1.165) is 22.9 Å². The molecule has 0 amide bonds. The van der Waals surface area contributed by atoms with E-state index in [2.05, 4.69) is 10.3 Å². The van der Waals surface area contributed by atoms with Crippen molar-refractivity contribution < 1.29 is 9.05 Å². The van der Waals surface area contributed by atoms with E-state index in [1.165, 1.54) is 25.7 Å². The molecule has 0 aliphatic heterocycles. The number of hydrogen-bond donors (Lipinski definition) is 0. The quantitative estimate of drug-likeness (QED) is 0.791. The number of aromatic nitrogens is 2. The topological polar surface area (TPSA) is 52.1 Å². The van der Waals surface area contributed by atoms with Crippen molar-refractivity contribution in [3.8, 4) is 11.4 Å². The lowest BCUT2D eigenvalue weighted by Gasteiger charge is -1.82. The van der Waals surface area contributed by atoms with Crippen LogP contribution < -0.4 is 0 Å². The number of nitrogens with zero attached hydrogens (tertiary/aromatic N) is 2. The molecule has 0 unspecified atom stereocenters. The van der Waals surface area contributed by atoms with E-state index >= 15 is 0 Å². The lowest BCUT2D eigenvalue weighted by molar-refractivity contribution is 0.379. The standard InChI is InChI=1S/C12H12N2O2/c1-2-7(1)11-5-9(13-15-11)10-6-12(16-14-10)8-3-4-8/h5-8H,1-4H2. The average Bonchev–Trinajstić information content (AvgIpc) is 3.23. The molecule has 4 rings (SSSR count). The molecule has 0 aromatic carbocycles. The van der Waals surface area contributed by atoms with Gasteiger partial charge in [0, 0.05) is 24.0 Å². The van der Waals surface area contributed by atoms with Crippen LogP contribution in [0.3, 0.4) is 0 Å². The molecule has 0 atom stereocenters. The fourth-order valence-corrected chi connectivity index (χ4v) is 1.94. The van der Waals surface area contributed by atoms with Crippen molar-refractivity contribution in [3.05, 3.63) is 23.7 Å². The van der Waals surface area contributed by atoms with Crippen molar-refractivity contribution in [3.63, 3.8) is 0 Å². The van der Waals surface area contributed by atoms with Crippen LogP contribution in [0, 0.1) is 0 Å². The summed E-state index contributed by atoms with van der Waals surface area (Å²) in [7, 11) is 0. The highest BCUT2D eigenvalue weighted by Gasteiger charge is 2.30. The van der Waals surface area contributed by atoms with Crippen molar-refractivity contribution in [2.75, 3.05) is 0 Å². The normalized spacial score (nSPS) is 20.2. The maximum absolute atomic E-state index is 5.30. The van der Waals surface area contributed by atoms with Gasteiger partial charge in [0.2, 0.25) is 0 Å². The fourth-order valence-electron chi connectivity index (χ4n) is 1.94. The third-order valence-corrected chi connectivity index (χ3v) is 3.28. The molecule has 4 nitrogen and oxygen atoms in total. The Morgan fingerprint density at radius 3 is 1.62 bits per heavy atom. The summed E-state index contributed by atoms with van der Waals surface area (Å²) in [5.41, 5.74) is 1.61. The van der Waals surface area contributed by atoms with Crippen LogP contribution in [0.15, 0.2) is 21.2 Å². The van der Waals surface area contributed by atoms with Crippen LogP contribution in [0.25, 0.3) is 11.4 Å². The largest absolute Gasteiger partial charge is 0.360 e. The summed E-state index contributed by atoms with van der Waals surface area (Å²) in [6, 6.07) is 3.98. The van der Waals surface area contributed by atoms with E-state index < -0.39 is 0 Å². The van der Waals surface area contributed by atoms with Crippen molar-refractivity contribution in [1.29, 1.82) is 0 Å². The minimum atomic E-state index is 0.594. The molecule has 2 aliphatic rings. The maximum atomic E-state index is 5.30. The van der Waals surface area contributed by atoms with E-state index in [1.807, 2.05) is 12.1 Å². The molecule has 2 saturated carbocycles. The minimum absolute atomic E-state index is 0.594. The van der Waals surface area contributed by atoms with E-state index in [-0.39, 0.29) is 0 Å². The van der Waals surface area contributed by atoms with Crippen molar-refractivity contribution in [2.24, 2.45) is 0 Å². The Morgan fingerprint density at radius 2 is 1.25 bits per heavy atom. The lowest BCUT2D eigenvalue weighted by Crippen LogP contribution is -1.74. The number of hydrogen-bond acceptors (Lipinski definition) is 4. The van der Waals surface area contributed by atoms with Gasteiger partial charge in [-0.25, -0.2) is 0 Å². The molecular weight excluding hydrogens is 204 g/mol. The Hall–Kier alpha value is -1.58. The Labute approximate surface area is 92.6 Å². The predicted octanol–water partition coefficient (Wildman–Crippen LogP) is 3.08. The molecule has 2 aromatic heterocycles. The van der Waals surface area contributed by atoms with Gasteiger partial charge >= 0.3 is 0 Å². The van der Waals surface area contributed by atoms with Crippen molar-refractivity contribution in [2.45, 2.75) is 37.5 Å². The summed E-state index contributed by atoms with van der Waals surface area (Å²) in [4.78, 5) is 0. The first-order valence-electron chi connectivity index (χ1n) is 5.84. The molecule has 2 aliphatic carbocycles. The Kier molecular flexibility index (Phi) is 1.59. The van der Waals surface area contributed by atoms with Crippen LogP contribution in [0.5, 0.6) is 0 Å². The van der Waals surface area contributed by atoms with E-state index in [4.69, 9.17) is 9.05 Å². The molecular formula is C12H12N2O2. The first kappa shape index (κ1) is 8.56. The Balaban J connectivity index is 1.65. The fraction of sp³-hybridized carbons (Fsp3) is 0.500. The van der Waals surface area contributed by atoms with Crippen LogP contribution >= 0.6 is 0 Å². The van der Waals surface area contributed by atoms with Gasteiger partial charge in [-0.15, -0.1) is 0 Å². The van der Waals surface area contributed by atoms with Gasteiger partial charge in [-0.2, -0.15) is 0 Å². The molecule has 0 N–H and O–H groups in total. The molecule has 2 aromatic rings. The summed E-state index contributed by atoms with van der Waals surface area (Å²) >= 11 is 0. The van der Waals surface area contributed by atoms with E-state index in [1.54, 1.807) is 0 Å². The molecule has 2 fully saturated rings. The summed E-state index contributed by atoms with van der Waals surface area (Å²) in [6.45, 7) is 0. The summed E-state index contributed by atoms with van der Waals surface area (Å²) in [6.07, 6.45) is 4.89. The molecule has 82 valence electrons. The second kappa shape index (κ2) is 2.97. The van der Waals surface area contributed by atoms with Crippen molar-refractivity contribution >= 4 is 0 Å². The van der Waals surface area contributed by atoms with Gasteiger partial charge in [0.25, 0.3) is 0 Å². The maximum Gasteiger partial charge on any atom is 0.140 e. The minimum Gasteiger partial charge on any atom is -0.360 e. The number of rotatable bonds is 3. The van der Waals surface area contributed by atoms with Gasteiger partial charge in [0.1, 0.15) is 22.9 Å². The molecule has 0 saturated heterocycles. The summed E-state index contributed by atoms with van der Waals surface area (Å²) in [5, 5.41) is 8.09. The van der Waals surface area contributed by atoms with Crippen LogP contribution in [0.4, 0.5) is 0 Å². The Bertz CT molecular complexity index is 472. The second-order valence-corrected chi connectivity index (χ2v) is 4.78. The second-order valence-electron chi connectivity index (χ2n) is 4.78. The first-order valence-corrected chi connectivity index (χ1v) is 5.84. The van der Waals surface area contributed by atoms with Gasteiger partial charge in [0.05, 0.1) is 0 Å². The average molecular weight is 216 g/mol. The summed E-state index contributed by atoms with van der Waals surface area (Å²) in [5.74, 6) is 3.17. The molecule has 0 bridgehead atoms. The predicted molar refractivity (Wildman–Crippen MR) is 56.0 cm³/mol. The van der Waals surface area contributed by atoms with Crippen molar-refractivity contribution in [1.82, 2.24) is 10.3 Å². The van der Waals surface area contributed by atoms with Crippen LogP contribution in [0.1, 0.15) is 49.0 Å². The van der Waals surface area contributed by atoms with Crippen LogP contribution in [0.2, 0.25) is 0 Å². The molecule has 0 radical (unpaired) electrons. The zero-order valence-corrected chi connectivity index (χ0v) is 8.85. The smallest absolute Gasteiger partial charge is 0.140 e. The van der Waals surface area contributed by atoms with Gasteiger partial charge in [-0.05, 0) is 25.7 Å². The third-order valence-electron chi connectivity index (χ3n) is 3.28. The highest BCUT2D eigenvalue weighted by Crippen LogP contribution is 2.43. The third kappa shape index (κ3) is 1.37. The zero-order valence-electron chi connectivity index (χ0n) is 8.85. The molecule has 4 heteroatoms. The lowest BCUT2D eigenvalue weighted by atomic mass is 10.2. The molecule has 0 spiro atoms. The van der Waals surface area contributed by atoms with E-state index in [0.29, 0.717) is 11.8 Å². The van der Waals surface area contributed by atoms with Gasteiger partial charge < -0.3 is 9.05 Å². The van der Waals surface area contributed by atoms with Gasteiger partial charge in [-0.1, -0.05) is 10.3 Å². The molecule has 2 heterocycles. The van der Waals surface area contributed by atoms with Crippen LogP contribution in [-0.2, 0) is 0 Å². The highest BCUT2D eigenvalue weighted by atomic mass is 16.5. The summed E-state index contributed by atoms with van der Waals surface area (Å²) < 4.78 is 10.6. The highest BCUT2D eigenvalue weighted by molar-refractivity contribution is 5.54. The first-order chi connectivity index (χ1) is 7.90. The Morgan fingerprint density at radius 1 is 0.812 bits per heavy atom. The SMILES string of the molecule is c1c(-c2cc(C3CC3)on2)noc1C1CC1. The molecule has 16 heavy (non-hydrogen) atoms. The van der Waals surface area contributed by atoms with E-state index in [9.17, 15) is 0 Å². The van der Waals surface area contributed by atoms with Crippen LogP contribution in [-0.4, -0.2) is 10.3 Å². The van der Waals surface area contributed by atoms with Gasteiger partial charge in [0.15, 0.2) is 0 Å². The monoisotopic (exact) mass is 216 g/mol. The van der Waals surface area contributed by atoms with Gasteiger partial charge in [-0.3, -0.25) is 0 Å². The zero-order chi connectivity index (χ0) is 10.5.